The van der Waals surface area contributed by atoms with Crippen molar-refractivity contribution in [1.82, 2.24) is 4.31 Å². The fourth-order valence-electron chi connectivity index (χ4n) is 3.95. The minimum Gasteiger partial charge on any atom is -0.207 e. The van der Waals surface area contributed by atoms with Crippen molar-refractivity contribution < 1.29 is 8.42 Å². The van der Waals surface area contributed by atoms with E-state index in [9.17, 15) is 8.42 Å². The zero-order valence-electron chi connectivity index (χ0n) is 17.8. The van der Waals surface area contributed by atoms with Crippen LogP contribution in [0.4, 0.5) is 0 Å². The van der Waals surface area contributed by atoms with Crippen molar-refractivity contribution in [3.63, 3.8) is 0 Å². The first-order valence-corrected chi connectivity index (χ1v) is 13.5. The van der Waals surface area contributed by atoms with Gasteiger partial charge in [0.25, 0.3) is 0 Å². The summed E-state index contributed by atoms with van der Waals surface area (Å²) in [5.74, 6) is 0. The monoisotopic (exact) mass is 483 g/mol. The molecular weight excluding hydrogens is 458 g/mol. The Balaban J connectivity index is 1.54. The molecule has 1 aromatic heterocycles. The number of sulfonamides is 1. The van der Waals surface area contributed by atoms with E-state index >= 15 is 0 Å². The number of aryl methyl sites for hydroxylation is 2. The summed E-state index contributed by atoms with van der Waals surface area (Å²) in [5, 5.41) is 4.48. The maximum Gasteiger partial charge on any atom is 0.243 e. The molecule has 1 heterocycles. The lowest BCUT2D eigenvalue weighted by molar-refractivity contribution is 0.399. The van der Waals surface area contributed by atoms with Gasteiger partial charge in [0.05, 0.1) is 4.90 Å². The Morgan fingerprint density at radius 2 is 1.56 bits per heavy atom. The quantitative estimate of drug-likeness (QED) is 0.248. The third kappa shape index (κ3) is 5.59. The van der Waals surface area contributed by atoms with Crippen LogP contribution >= 0.6 is 22.9 Å². The van der Waals surface area contributed by atoms with E-state index in [0.29, 0.717) is 23.0 Å². The van der Waals surface area contributed by atoms with E-state index in [4.69, 9.17) is 11.6 Å². The van der Waals surface area contributed by atoms with Gasteiger partial charge in [0.2, 0.25) is 10.0 Å². The molecule has 0 bridgehead atoms. The number of halogens is 1. The summed E-state index contributed by atoms with van der Waals surface area (Å²) >= 11 is 7.82. The van der Waals surface area contributed by atoms with Crippen molar-refractivity contribution in [1.29, 1.82) is 0 Å². The summed E-state index contributed by atoms with van der Waals surface area (Å²) in [6.07, 6.45) is 3.20. The van der Waals surface area contributed by atoms with Gasteiger partial charge in [-0.2, -0.15) is 4.31 Å². The predicted molar refractivity (Wildman–Crippen MR) is 135 cm³/mol. The number of hydrogen-bond acceptors (Lipinski definition) is 3. The lowest BCUT2D eigenvalue weighted by Crippen LogP contribution is -2.33. The lowest BCUT2D eigenvalue weighted by Gasteiger charge is -2.23. The van der Waals surface area contributed by atoms with Crippen LogP contribution in [0.15, 0.2) is 89.1 Å². The van der Waals surface area contributed by atoms with Crippen molar-refractivity contribution >= 4 is 43.7 Å². The molecule has 32 heavy (non-hydrogen) atoms. The van der Waals surface area contributed by atoms with Gasteiger partial charge >= 0.3 is 0 Å². The summed E-state index contributed by atoms with van der Waals surface area (Å²) in [6.45, 7) is 0.974. The second-order valence-electron chi connectivity index (χ2n) is 7.80. The first-order chi connectivity index (χ1) is 15.5. The van der Waals surface area contributed by atoms with Crippen LogP contribution in [0.1, 0.15) is 23.3 Å². The van der Waals surface area contributed by atoms with Crippen LogP contribution in [0.2, 0.25) is 5.02 Å². The van der Waals surface area contributed by atoms with E-state index in [1.165, 1.54) is 4.88 Å². The van der Waals surface area contributed by atoms with Crippen LogP contribution in [0, 0.1) is 0 Å². The van der Waals surface area contributed by atoms with Crippen molar-refractivity contribution in [3.8, 4) is 0 Å². The van der Waals surface area contributed by atoms with Crippen molar-refractivity contribution in [2.45, 2.75) is 30.6 Å². The Bertz CT molecular complexity index is 1260. The van der Waals surface area contributed by atoms with Crippen LogP contribution < -0.4 is 0 Å². The van der Waals surface area contributed by atoms with E-state index < -0.39 is 10.0 Å². The molecule has 0 aliphatic rings. The molecule has 0 radical (unpaired) electrons. The third-order valence-electron chi connectivity index (χ3n) is 5.54. The lowest BCUT2D eigenvalue weighted by atomic mass is 10.1. The molecule has 4 rings (SSSR count). The molecule has 4 aromatic rings. The number of thiophene rings is 1. The maximum atomic E-state index is 13.7. The van der Waals surface area contributed by atoms with E-state index in [1.807, 2.05) is 66.7 Å². The first kappa shape index (κ1) is 23.0. The minimum atomic E-state index is -3.62. The number of nitrogens with zero attached hydrogens (tertiary/aromatic N) is 1. The summed E-state index contributed by atoms with van der Waals surface area (Å²) in [4.78, 5) is 1.67. The molecule has 3 aromatic carbocycles. The van der Waals surface area contributed by atoms with Crippen LogP contribution in [0.3, 0.4) is 0 Å². The maximum absolute atomic E-state index is 13.7. The summed E-state index contributed by atoms with van der Waals surface area (Å²) < 4.78 is 29.1. The minimum absolute atomic E-state index is 0.384. The van der Waals surface area contributed by atoms with Gasteiger partial charge in [0, 0.05) is 28.4 Å². The summed E-state index contributed by atoms with van der Waals surface area (Å²) in [5.41, 5.74) is 1.12. The highest BCUT2D eigenvalue weighted by Crippen LogP contribution is 2.26. The first-order valence-electron chi connectivity index (χ1n) is 10.8. The highest BCUT2D eigenvalue weighted by molar-refractivity contribution is 7.89. The third-order valence-corrected chi connectivity index (χ3v) is 8.67. The molecule has 0 atom stereocenters. The fraction of sp³-hybridized carbons (Fsp3) is 0.231. The van der Waals surface area contributed by atoms with Gasteiger partial charge in [-0.3, -0.25) is 0 Å². The molecule has 0 amide bonds. The van der Waals surface area contributed by atoms with Gasteiger partial charge in [-0.1, -0.05) is 66.2 Å². The molecule has 0 aliphatic heterocycles. The largest absolute Gasteiger partial charge is 0.243 e. The van der Waals surface area contributed by atoms with E-state index in [2.05, 4.69) is 11.4 Å². The Labute approximate surface area is 199 Å². The number of benzene rings is 3. The molecule has 0 spiro atoms. The Morgan fingerprint density at radius 1 is 0.812 bits per heavy atom. The standard InChI is InChI=1S/C26H26ClNO2S2/c27-23-12-3-8-21(20-23)9-5-17-28(18-6-13-24-14-7-19-31-24)32(29,30)26-16-4-11-22-10-1-2-15-25(22)26/h1-4,7-8,10-12,14-16,19-20H,5-6,9,13,17-18H2. The van der Waals surface area contributed by atoms with Crippen molar-refractivity contribution in [2.24, 2.45) is 0 Å². The molecule has 0 aliphatic carbocycles. The molecule has 6 heteroatoms. The molecule has 0 N–H and O–H groups in total. The highest BCUT2D eigenvalue weighted by atomic mass is 35.5. The van der Waals surface area contributed by atoms with Gasteiger partial charge < -0.3 is 0 Å². The van der Waals surface area contributed by atoms with E-state index in [0.717, 1.165) is 42.0 Å². The predicted octanol–water partition coefficient (Wildman–Crippen LogP) is 6.81. The van der Waals surface area contributed by atoms with Gasteiger partial charge in [-0.05, 0) is 66.3 Å². The zero-order chi connectivity index (χ0) is 22.4. The summed E-state index contributed by atoms with van der Waals surface area (Å²) in [6, 6.07) is 25.1. The smallest absolute Gasteiger partial charge is 0.207 e. The van der Waals surface area contributed by atoms with Gasteiger partial charge in [-0.15, -0.1) is 11.3 Å². The SMILES string of the molecule is O=S(=O)(c1cccc2ccccc12)N(CCCc1cccc(Cl)c1)CCCc1cccs1. The average Bonchev–Trinajstić information content (AvgIpc) is 3.31. The molecule has 166 valence electrons. The van der Waals surface area contributed by atoms with Crippen LogP contribution in [0.5, 0.6) is 0 Å². The fourth-order valence-corrected chi connectivity index (χ4v) is 6.64. The topological polar surface area (TPSA) is 37.4 Å². The Kier molecular flexibility index (Phi) is 7.63. The molecule has 0 unspecified atom stereocenters. The highest BCUT2D eigenvalue weighted by Gasteiger charge is 2.25. The van der Waals surface area contributed by atoms with E-state index in [-0.39, 0.29) is 0 Å². The van der Waals surface area contributed by atoms with Gasteiger partial charge in [-0.25, -0.2) is 8.42 Å². The van der Waals surface area contributed by atoms with E-state index in [1.54, 1.807) is 21.7 Å². The van der Waals surface area contributed by atoms with Crippen LogP contribution in [-0.2, 0) is 22.9 Å². The molecule has 0 saturated carbocycles. The van der Waals surface area contributed by atoms with Gasteiger partial charge in [0.1, 0.15) is 0 Å². The number of fused-ring (bicyclic) bond motifs is 1. The van der Waals surface area contributed by atoms with Crippen LogP contribution in [-0.4, -0.2) is 25.8 Å². The Hall–Kier alpha value is -2.18. The van der Waals surface area contributed by atoms with Crippen molar-refractivity contribution in [2.75, 3.05) is 13.1 Å². The summed E-state index contributed by atoms with van der Waals surface area (Å²) in [7, 11) is -3.62. The second kappa shape index (κ2) is 10.6. The molecule has 0 fully saturated rings. The van der Waals surface area contributed by atoms with Crippen LogP contribution in [0.25, 0.3) is 10.8 Å². The second-order valence-corrected chi connectivity index (χ2v) is 11.2. The molecular formula is C26H26ClNO2S2. The Morgan fingerprint density at radius 3 is 2.34 bits per heavy atom. The zero-order valence-corrected chi connectivity index (χ0v) is 20.2. The van der Waals surface area contributed by atoms with Crippen molar-refractivity contribution in [3.05, 3.63) is 99.7 Å². The van der Waals surface area contributed by atoms with Gasteiger partial charge in [0.15, 0.2) is 0 Å². The number of hydrogen-bond donors (Lipinski definition) is 0. The normalized spacial score (nSPS) is 11.9. The molecule has 3 nitrogen and oxygen atoms in total. The number of rotatable bonds is 10. The average molecular weight is 484 g/mol. The molecule has 0 saturated heterocycles.